The van der Waals surface area contributed by atoms with Crippen LogP contribution in [0.15, 0.2) is 176 Å². The Hall–Kier alpha value is -6.18. The van der Waals surface area contributed by atoms with E-state index in [2.05, 4.69) is 219 Å². The summed E-state index contributed by atoms with van der Waals surface area (Å²) in [5.74, 6) is 0. The van der Waals surface area contributed by atoms with Crippen LogP contribution < -0.4 is 4.90 Å². The summed E-state index contributed by atoms with van der Waals surface area (Å²) in [4.78, 5) is 2.30. The lowest BCUT2D eigenvalue weighted by Crippen LogP contribution is -2.09. The van der Waals surface area contributed by atoms with Gasteiger partial charge in [0.1, 0.15) is 0 Å². The molecule has 0 radical (unpaired) electrons. The normalized spacial score (nSPS) is 11.3. The summed E-state index contributed by atoms with van der Waals surface area (Å²) in [6.07, 6.45) is 8.70. The molecule has 1 nitrogen and oxygen atoms in total. The maximum atomic E-state index is 2.30. The molecule has 0 atom stereocenters. The minimum atomic E-state index is 1.11. The van der Waals surface area contributed by atoms with Gasteiger partial charge in [-0.1, -0.05) is 175 Å². The fourth-order valence-corrected chi connectivity index (χ4v) is 6.10. The standard InChI is InChI=1S/C48H39N/c1-36-8-6-10-44(34-36)42-26-18-38(19-27-42)14-16-40-22-30-47(31-23-40)49(46-12-4-3-5-13-46)48-32-24-41(25-33-48)17-15-39-20-28-43(29-21-39)45-11-7-9-37(2)35-45/h3-35H,1-2H3/b16-14+,17-15+. The minimum Gasteiger partial charge on any atom is -0.311 e. The van der Waals surface area contributed by atoms with Crippen LogP contribution in [0.4, 0.5) is 17.1 Å². The van der Waals surface area contributed by atoms with E-state index >= 15 is 0 Å². The molecule has 0 aliphatic rings. The molecule has 236 valence electrons. The molecule has 7 aromatic carbocycles. The van der Waals surface area contributed by atoms with Crippen LogP contribution in [0.3, 0.4) is 0 Å². The molecular weight excluding hydrogens is 591 g/mol. The second-order valence-corrected chi connectivity index (χ2v) is 12.5. The summed E-state index contributed by atoms with van der Waals surface area (Å²) < 4.78 is 0. The SMILES string of the molecule is Cc1cccc(-c2ccc(/C=C/c3ccc(N(c4ccccc4)c4ccc(/C=C/c5ccc(-c6cccc(C)c6)cc5)cc4)cc3)cc2)c1. The fourth-order valence-electron chi connectivity index (χ4n) is 6.10. The second-order valence-electron chi connectivity index (χ2n) is 12.5. The third-order valence-corrected chi connectivity index (χ3v) is 8.78. The predicted octanol–water partition coefficient (Wildman–Crippen LogP) is 13.4. The van der Waals surface area contributed by atoms with Crippen molar-refractivity contribution in [2.24, 2.45) is 0 Å². The lowest BCUT2D eigenvalue weighted by atomic mass is 10.0. The van der Waals surface area contributed by atoms with Crippen molar-refractivity contribution in [1.82, 2.24) is 0 Å². The molecule has 0 saturated heterocycles. The first-order chi connectivity index (χ1) is 24.1. The van der Waals surface area contributed by atoms with E-state index in [1.165, 1.54) is 44.5 Å². The van der Waals surface area contributed by atoms with Crippen molar-refractivity contribution in [2.75, 3.05) is 4.90 Å². The van der Waals surface area contributed by atoms with Gasteiger partial charge >= 0.3 is 0 Å². The van der Waals surface area contributed by atoms with Crippen molar-refractivity contribution >= 4 is 41.4 Å². The second kappa shape index (κ2) is 14.7. The quantitative estimate of drug-likeness (QED) is 0.144. The summed E-state index contributed by atoms with van der Waals surface area (Å²) >= 11 is 0. The molecule has 1 heteroatoms. The Morgan fingerprint density at radius 2 is 0.653 bits per heavy atom. The van der Waals surface area contributed by atoms with Crippen LogP contribution >= 0.6 is 0 Å². The summed E-state index contributed by atoms with van der Waals surface area (Å²) in [7, 11) is 0. The number of hydrogen-bond acceptors (Lipinski definition) is 1. The number of nitrogens with zero attached hydrogens (tertiary/aromatic N) is 1. The summed E-state index contributed by atoms with van der Waals surface area (Å²) in [5, 5.41) is 0. The Bertz CT molecular complexity index is 2040. The van der Waals surface area contributed by atoms with E-state index in [0.717, 1.165) is 28.2 Å². The van der Waals surface area contributed by atoms with Gasteiger partial charge in [0.2, 0.25) is 0 Å². The third kappa shape index (κ3) is 7.87. The van der Waals surface area contributed by atoms with Gasteiger partial charge in [0, 0.05) is 17.1 Å². The van der Waals surface area contributed by atoms with Gasteiger partial charge in [0.15, 0.2) is 0 Å². The van der Waals surface area contributed by atoms with Gasteiger partial charge in [-0.05, 0) is 94.8 Å². The molecule has 0 heterocycles. The minimum absolute atomic E-state index is 1.11. The largest absolute Gasteiger partial charge is 0.311 e. The van der Waals surface area contributed by atoms with Crippen molar-refractivity contribution in [3.63, 3.8) is 0 Å². The molecule has 0 N–H and O–H groups in total. The molecule has 7 aromatic rings. The Morgan fingerprint density at radius 1 is 0.306 bits per heavy atom. The van der Waals surface area contributed by atoms with Gasteiger partial charge in [-0.15, -0.1) is 0 Å². The molecule has 0 bridgehead atoms. The highest BCUT2D eigenvalue weighted by Gasteiger charge is 2.12. The molecule has 49 heavy (non-hydrogen) atoms. The van der Waals surface area contributed by atoms with Gasteiger partial charge in [-0.2, -0.15) is 0 Å². The average molecular weight is 630 g/mol. The van der Waals surface area contributed by atoms with Gasteiger partial charge < -0.3 is 4.90 Å². The highest BCUT2D eigenvalue weighted by atomic mass is 15.1. The topological polar surface area (TPSA) is 3.24 Å². The summed E-state index contributed by atoms with van der Waals surface area (Å²) in [6.45, 7) is 4.27. The zero-order valence-electron chi connectivity index (χ0n) is 28.0. The maximum absolute atomic E-state index is 2.30. The fraction of sp³-hybridized carbons (Fsp3) is 0.0417. The van der Waals surface area contributed by atoms with E-state index in [4.69, 9.17) is 0 Å². The molecule has 0 fully saturated rings. The Kier molecular flexibility index (Phi) is 9.43. The van der Waals surface area contributed by atoms with Gasteiger partial charge in [0.25, 0.3) is 0 Å². The molecule has 0 saturated carbocycles. The summed E-state index contributed by atoms with van der Waals surface area (Å²) in [6, 6.07) is 62.8. The van der Waals surface area contributed by atoms with E-state index in [1.807, 2.05) is 0 Å². The number of aryl methyl sites for hydroxylation is 2. The van der Waals surface area contributed by atoms with Crippen molar-refractivity contribution in [3.05, 3.63) is 209 Å². The number of hydrogen-bond donors (Lipinski definition) is 0. The van der Waals surface area contributed by atoms with Crippen LogP contribution in [0.25, 0.3) is 46.6 Å². The van der Waals surface area contributed by atoms with E-state index < -0.39 is 0 Å². The molecule has 0 amide bonds. The van der Waals surface area contributed by atoms with Crippen molar-refractivity contribution in [2.45, 2.75) is 13.8 Å². The van der Waals surface area contributed by atoms with Crippen LogP contribution in [-0.4, -0.2) is 0 Å². The molecule has 0 aliphatic heterocycles. The first-order valence-corrected chi connectivity index (χ1v) is 16.8. The highest BCUT2D eigenvalue weighted by Crippen LogP contribution is 2.35. The van der Waals surface area contributed by atoms with Crippen molar-refractivity contribution in [3.8, 4) is 22.3 Å². The smallest absolute Gasteiger partial charge is 0.0462 e. The number of rotatable bonds is 9. The first-order valence-electron chi connectivity index (χ1n) is 16.8. The van der Waals surface area contributed by atoms with Gasteiger partial charge in [-0.25, -0.2) is 0 Å². The third-order valence-electron chi connectivity index (χ3n) is 8.78. The lowest BCUT2D eigenvalue weighted by Gasteiger charge is -2.25. The Balaban J connectivity index is 1.06. The zero-order chi connectivity index (χ0) is 33.4. The Labute approximate surface area is 290 Å². The summed E-state index contributed by atoms with van der Waals surface area (Å²) in [5.41, 5.74) is 15.5. The highest BCUT2D eigenvalue weighted by molar-refractivity contribution is 5.80. The van der Waals surface area contributed by atoms with Crippen LogP contribution in [-0.2, 0) is 0 Å². The van der Waals surface area contributed by atoms with Crippen molar-refractivity contribution < 1.29 is 0 Å². The van der Waals surface area contributed by atoms with E-state index in [9.17, 15) is 0 Å². The van der Waals surface area contributed by atoms with E-state index in [0.29, 0.717) is 0 Å². The van der Waals surface area contributed by atoms with E-state index in [-0.39, 0.29) is 0 Å². The molecule has 0 aliphatic carbocycles. The zero-order valence-corrected chi connectivity index (χ0v) is 28.0. The molecule has 0 spiro atoms. The maximum Gasteiger partial charge on any atom is 0.0462 e. The molecule has 0 unspecified atom stereocenters. The molecule has 7 rings (SSSR count). The average Bonchev–Trinajstić information content (AvgIpc) is 3.15. The number of anilines is 3. The van der Waals surface area contributed by atoms with Crippen LogP contribution in [0.1, 0.15) is 33.4 Å². The van der Waals surface area contributed by atoms with Crippen LogP contribution in [0.5, 0.6) is 0 Å². The molecular formula is C48H39N. The Morgan fingerprint density at radius 3 is 1.02 bits per heavy atom. The van der Waals surface area contributed by atoms with Crippen LogP contribution in [0.2, 0.25) is 0 Å². The van der Waals surface area contributed by atoms with E-state index in [1.54, 1.807) is 0 Å². The predicted molar refractivity (Wildman–Crippen MR) is 212 cm³/mol. The first kappa shape index (κ1) is 31.4. The monoisotopic (exact) mass is 629 g/mol. The number of para-hydroxylation sites is 1. The van der Waals surface area contributed by atoms with Gasteiger partial charge in [-0.3, -0.25) is 0 Å². The van der Waals surface area contributed by atoms with Gasteiger partial charge in [0.05, 0.1) is 0 Å². The number of benzene rings is 7. The lowest BCUT2D eigenvalue weighted by molar-refractivity contribution is 1.28. The van der Waals surface area contributed by atoms with Crippen LogP contribution in [0, 0.1) is 13.8 Å². The molecule has 0 aromatic heterocycles. The van der Waals surface area contributed by atoms with Crippen molar-refractivity contribution in [1.29, 1.82) is 0 Å².